The number of rotatable bonds is 11. The fourth-order valence-electron chi connectivity index (χ4n) is 2.37. The van der Waals surface area contributed by atoms with Gasteiger partial charge in [0.05, 0.1) is 7.11 Å². The molecule has 2 N–H and O–H groups in total. The van der Waals surface area contributed by atoms with E-state index in [2.05, 4.69) is 10.6 Å². The number of carbonyl (C=O) groups excluding carboxylic acids is 2. The summed E-state index contributed by atoms with van der Waals surface area (Å²) in [6.07, 6.45) is 0.767. The fraction of sp³-hybridized carbons (Fsp3) is 0.333. The molecule has 0 spiro atoms. The summed E-state index contributed by atoms with van der Waals surface area (Å²) in [7, 11) is 1.56. The first kappa shape index (κ1) is 21.2. The predicted molar refractivity (Wildman–Crippen MR) is 107 cm³/mol. The molecule has 0 atom stereocenters. The highest BCUT2D eigenvalue weighted by molar-refractivity contribution is 5.94. The Morgan fingerprint density at radius 1 is 1.04 bits per heavy atom. The van der Waals surface area contributed by atoms with Crippen LogP contribution in [0.2, 0.25) is 0 Å². The number of benzene rings is 2. The minimum atomic E-state index is -0.288. The van der Waals surface area contributed by atoms with Crippen molar-refractivity contribution in [2.75, 3.05) is 38.8 Å². The summed E-state index contributed by atoms with van der Waals surface area (Å²) >= 11 is 0. The number of ether oxygens (including phenoxy) is 3. The van der Waals surface area contributed by atoms with Crippen molar-refractivity contribution in [3.8, 4) is 11.5 Å². The number of hydrogen-bond acceptors (Lipinski definition) is 5. The van der Waals surface area contributed by atoms with Gasteiger partial charge >= 0.3 is 0 Å². The lowest BCUT2D eigenvalue weighted by molar-refractivity contribution is -0.118. The molecule has 0 radical (unpaired) electrons. The molecular weight excluding hydrogens is 360 g/mol. The van der Waals surface area contributed by atoms with Crippen LogP contribution < -0.4 is 20.1 Å². The molecule has 0 unspecified atom stereocenters. The van der Waals surface area contributed by atoms with Crippen LogP contribution in [0.4, 0.5) is 5.69 Å². The average Bonchev–Trinajstić information content (AvgIpc) is 2.72. The van der Waals surface area contributed by atoms with Crippen LogP contribution in [0.5, 0.6) is 11.5 Å². The molecule has 2 rings (SSSR count). The first-order chi connectivity index (χ1) is 13.6. The van der Waals surface area contributed by atoms with Gasteiger partial charge in [-0.1, -0.05) is 6.07 Å². The molecule has 0 aliphatic rings. The third kappa shape index (κ3) is 7.28. The molecule has 150 valence electrons. The number of hydrogen-bond donors (Lipinski definition) is 2. The monoisotopic (exact) mass is 386 g/mol. The van der Waals surface area contributed by atoms with Gasteiger partial charge in [-0.15, -0.1) is 0 Å². The fourth-order valence-corrected chi connectivity index (χ4v) is 2.37. The summed E-state index contributed by atoms with van der Waals surface area (Å²) < 4.78 is 15.8. The highest BCUT2D eigenvalue weighted by atomic mass is 16.5. The number of carbonyl (C=O) groups is 2. The van der Waals surface area contributed by atoms with Gasteiger partial charge in [-0.3, -0.25) is 9.59 Å². The molecule has 2 amide bonds. The Hall–Kier alpha value is -3.06. The van der Waals surface area contributed by atoms with E-state index in [9.17, 15) is 9.59 Å². The molecule has 0 aliphatic carbocycles. The molecule has 0 fully saturated rings. The Kier molecular flexibility index (Phi) is 8.81. The standard InChI is InChI=1S/C21H26N2O5/c1-3-27-13-5-12-22-21(25)16-8-10-18(11-9-16)28-15-20(24)23-17-6-4-7-19(14-17)26-2/h4,6-11,14H,3,5,12-13,15H2,1-2H3,(H,22,25)(H,23,24). The highest BCUT2D eigenvalue weighted by Gasteiger charge is 2.07. The molecule has 0 aliphatic heterocycles. The van der Waals surface area contributed by atoms with Gasteiger partial charge in [0.15, 0.2) is 6.61 Å². The second-order valence-electron chi connectivity index (χ2n) is 5.90. The average molecular weight is 386 g/mol. The van der Waals surface area contributed by atoms with Crippen LogP contribution in [0.3, 0.4) is 0 Å². The minimum Gasteiger partial charge on any atom is -0.497 e. The van der Waals surface area contributed by atoms with E-state index in [0.717, 1.165) is 6.42 Å². The molecular formula is C21H26N2O5. The molecule has 2 aromatic carbocycles. The maximum atomic E-state index is 12.0. The Morgan fingerprint density at radius 3 is 2.54 bits per heavy atom. The van der Waals surface area contributed by atoms with Gasteiger partial charge in [-0.25, -0.2) is 0 Å². The van der Waals surface area contributed by atoms with Gasteiger partial charge < -0.3 is 24.8 Å². The topological polar surface area (TPSA) is 85.9 Å². The van der Waals surface area contributed by atoms with E-state index in [-0.39, 0.29) is 18.4 Å². The molecule has 2 aromatic rings. The lowest BCUT2D eigenvalue weighted by Crippen LogP contribution is -2.25. The van der Waals surface area contributed by atoms with Gasteiger partial charge in [0.25, 0.3) is 11.8 Å². The third-order valence-electron chi connectivity index (χ3n) is 3.80. The lowest BCUT2D eigenvalue weighted by atomic mass is 10.2. The van der Waals surface area contributed by atoms with Crippen LogP contribution in [0.25, 0.3) is 0 Å². The van der Waals surface area contributed by atoms with E-state index < -0.39 is 0 Å². The molecule has 0 heterocycles. The second kappa shape index (κ2) is 11.6. The van der Waals surface area contributed by atoms with Crippen molar-refractivity contribution in [2.24, 2.45) is 0 Å². The van der Waals surface area contributed by atoms with Crippen molar-refractivity contribution in [3.63, 3.8) is 0 Å². The van der Waals surface area contributed by atoms with Crippen LogP contribution >= 0.6 is 0 Å². The van der Waals surface area contributed by atoms with E-state index in [1.165, 1.54) is 0 Å². The zero-order valence-electron chi connectivity index (χ0n) is 16.2. The van der Waals surface area contributed by atoms with E-state index in [0.29, 0.717) is 42.5 Å². The first-order valence-corrected chi connectivity index (χ1v) is 9.15. The normalized spacial score (nSPS) is 10.2. The minimum absolute atomic E-state index is 0.139. The van der Waals surface area contributed by atoms with Crippen molar-refractivity contribution >= 4 is 17.5 Å². The van der Waals surface area contributed by atoms with Crippen LogP contribution in [-0.4, -0.2) is 45.3 Å². The van der Waals surface area contributed by atoms with Crippen molar-refractivity contribution < 1.29 is 23.8 Å². The zero-order chi connectivity index (χ0) is 20.2. The van der Waals surface area contributed by atoms with E-state index in [1.54, 1.807) is 55.6 Å². The van der Waals surface area contributed by atoms with E-state index in [4.69, 9.17) is 14.2 Å². The summed E-state index contributed by atoms with van der Waals surface area (Å²) in [4.78, 5) is 24.0. The first-order valence-electron chi connectivity index (χ1n) is 9.15. The molecule has 0 saturated carbocycles. The Balaban J connectivity index is 1.75. The van der Waals surface area contributed by atoms with Gasteiger partial charge in [0.2, 0.25) is 0 Å². The van der Waals surface area contributed by atoms with Gasteiger partial charge in [0.1, 0.15) is 11.5 Å². The summed E-state index contributed by atoms with van der Waals surface area (Å²) in [6.45, 7) is 3.65. The molecule has 28 heavy (non-hydrogen) atoms. The molecule has 0 saturated heterocycles. The number of methoxy groups -OCH3 is 1. The van der Waals surface area contributed by atoms with E-state index >= 15 is 0 Å². The molecule has 0 bridgehead atoms. The number of amides is 2. The molecule has 0 aromatic heterocycles. The second-order valence-corrected chi connectivity index (χ2v) is 5.90. The van der Waals surface area contributed by atoms with Gasteiger partial charge in [-0.05, 0) is 49.7 Å². The van der Waals surface area contributed by atoms with Crippen molar-refractivity contribution in [1.29, 1.82) is 0 Å². The van der Waals surface area contributed by atoms with Crippen molar-refractivity contribution in [2.45, 2.75) is 13.3 Å². The van der Waals surface area contributed by atoms with Crippen molar-refractivity contribution in [3.05, 3.63) is 54.1 Å². The number of nitrogens with one attached hydrogen (secondary N) is 2. The van der Waals surface area contributed by atoms with Crippen LogP contribution in [0, 0.1) is 0 Å². The SMILES string of the molecule is CCOCCCNC(=O)c1ccc(OCC(=O)Nc2cccc(OC)c2)cc1. The van der Waals surface area contributed by atoms with Crippen molar-refractivity contribution in [1.82, 2.24) is 5.32 Å². The maximum Gasteiger partial charge on any atom is 0.262 e. The molecule has 7 heteroatoms. The number of anilines is 1. The van der Waals surface area contributed by atoms with Crippen LogP contribution in [0.15, 0.2) is 48.5 Å². The largest absolute Gasteiger partial charge is 0.497 e. The van der Waals surface area contributed by atoms with Gasteiger partial charge in [-0.2, -0.15) is 0 Å². The summed E-state index contributed by atoms with van der Waals surface area (Å²) in [5, 5.41) is 5.57. The Labute approximate surface area is 165 Å². The maximum absolute atomic E-state index is 12.0. The summed E-state index contributed by atoms with van der Waals surface area (Å²) in [5.74, 6) is 0.724. The third-order valence-corrected chi connectivity index (χ3v) is 3.80. The lowest BCUT2D eigenvalue weighted by Gasteiger charge is -2.09. The Morgan fingerprint density at radius 2 is 1.82 bits per heavy atom. The predicted octanol–water partition coefficient (Wildman–Crippen LogP) is 2.87. The molecule has 7 nitrogen and oxygen atoms in total. The van der Waals surface area contributed by atoms with Crippen LogP contribution in [0.1, 0.15) is 23.7 Å². The van der Waals surface area contributed by atoms with E-state index in [1.807, 2.05) is 6.92 Å². The Bertz CT molecular complexity index is 762. The smallest absolute Gasteiger partial charge is 0.262 e. The summed E-state index contributed by atoms with van der Waals surface area (Å²) in [6, 6.07) is 13.7. The summed E-state index contributed by atoms with van der Waals surface area (Å²) in [5.41, 5.74) is 1.16. The quantitative estimate of drug-likeness (QED) is 0.580. The zero-order valence-corrected chi connectivity index (χ0v) is 16.2. The highest BCUT2D eigenvalue weighted by Crippen LogP contribution is 2.17. The van der Waals surface area contributed by atoms with Gasteiger partial charge in [0, 0.05) is 37.1 Å². The van der Waals surface area contributed by atoms with Crippen LogP contribution in [-0.2, 0) is 9.53 Å².